The van der Waals surface area contributed by atoms with Crippen LogP contribution in [0, 0.1) is 11.2 Å². The molecule has 0 aromatic heterocycles. The molecule has 17 heavy (non-hydrogen) atoms. The summed E-state index contributed by atoms with van der Waals surface area (Å²) in [4.78, 5) is 11.7. The largest absolute Gasteiger partial charge is 0.507 e. The van der Waals surface area contributed by atoms with Crippen molar-refractivity contribution in [2.24, 2.45) is 5.41 Å². The van der Waals surface area contributed by atoms with Crippen LogP contribution < -0.4 is 5.32 Å². The van der Waals surface area contributed by atoms with Crippen LogP contribution in [0.2, 0.25) is 0 Å². The predicted molar refractivity (Wildman–Crippen MR) is 68.0 cm³/mol. The highest BCUT2D eigenvalue weighted by Gasteiger charge is 2.19. The Hall–Kier alpha value is -1.10. The molecule has 1 aromatic rings. The number of aromatic hydroxyl groups is 1. The van der Waals surface area contributed by atoms with Crippen LogP contribution in [0.15, 0.2) is 18.2 Å². The minimum absolute atomic E-state index is 0.0460. The van der Waals surface area contributed by atoms with Crippen molar-refractivity contribution >= 4 is 21.8 Å². The molecule has 1 rings (SSSR count). The van der Waals surface area contributed by atoms with Crippen molar-refractivity contribution in [3.63, 3.8) is 0 Å². The van der Waals surface area contributed by atoms with E-state index in [0.717, 1.165) is 17.5 Å². The molecule has 0 saturated carbocycles. The summed E-state index contributed by atoms with van der Waals surface area (Å²) in [6.45, 7) is 4.40. The van der Waals surface area contributed by atoms with E-state index in [2.05, 4.69) is 21.2 Å². The highest BCUT2D eigenvalue weighted by atomic mass is 79.9. The summed E-state index contributed by atoms with van der Waals surface area (Å²) in [5.74, 6) is -1.25. The third-order valence-corrected chi connectivity index (χ3v) is 3.81. The third kappa shape index (κ3) is 4.00. The van der Waals surface area contributed by atoms with E-state index in [1.54, 1.807) is 0 Å². The lowest BCUT2D eigenvalue weighted by Gasteiger charge is -2.21. The molecule has 2 N–H and O–H groups in total. The molecule has 0 saturated heterocycles. The van der Waals surface area contributed by atoms with Crippen LogP contribution in [0.3, 0.4) is 0 Å². The molecule has 0 unspecified atom stereocenters. The van der Waals surface area contributed by atoms with Crippen molar-refractivity contribution in [3.8, 4) is 5.75 Å². The Bertz CT molecular complexity index is 421. The monoisotopic (exact) mass is 303 g/mol. The Labute approximate surface area is 108 Å². The molecular weight excluding hydrogens is 289 g/mol. The number of nitrogens with one attached hydrogen (secondary N) is 1. The minimum Gasteiger partial charge on any atom is -0.507 e. The highest BCUT2D eigenvalue weighted by molar-refractivity contribution is 9.09. The van der Waals surface area contributed by atoms with E-state index in [9.17, 15) is 14.3 Å². The predicted octanol–water partition coefficient (Wildman–Crippen LogP) is 2.68. The maximum atomic E-state index is 12.9. The van der Waals surface area contributed by atoms with Crippen LogP contribution in [0.1, 0.15) is 24.2 Å². The van der Waals surface area contributed by atoms with Gasteiger partial charge < -0.3 is 10.4 Å². The summed E-state index contributed by atoms with van der Waals surface area (Å²) in [5.41, 5.74) is -0.145. The Kier molecular flexibility index (Phi) is 4.51. The van der Waals surface area contributed by atoms with Gasteiger partial charge in [0.1, 0.15) is 11.6 Å². The first kappa shape index (κ1) is 14.0. The third-order valence-electron chi connectivity index (χ3n) is 2.29. The quantitative estimate of drug-likeness (QED) is 0.840. The maximum absolute atomic E-state index is 12.9. The standard InChI is InChI=1S/C12H15BrFNO2/c1-12(2,6-13)7-15-11(17)9-5-8(14)3-4-10(9)16/h3-5,16H,6-7H2,1-2H3,(H,15,17). The van der Waals surface area contributed by atoms with Crippen LogP contribution in [0.5, 0.6) is 5.75 Å². The number of alkyl halides is 1. The van der Waals surface area contributed by atoms with Crippen molar-refractivity contribution in [2.75, 3.05) is 11.9 Å². The van der Waals surface area contributed by atoms with E-state index < -0.39 is 11.7 Å². The van der Waals surface area contributed by atoms with E-state index in [0.29, 0.717) is 6.54 Å². The van der Waals surface area contributed by atoms with Gasteiger partial charge in [-0.2, -0.15) is 0 Å². The number of halogens is 2. The van der Waals surface area contributed by atoms with Gasteiger partial charge in [-0.25, -0.2) is 4.39 Å². The molecule has 3 nitrogen and oxygen atoms in total. The lowest BCUT2D eigenvalue weighted by atomic mass is 9.96. The average Bonchev–Trinajstić information content (AvgIpc) is 2.29. The molecule has 0 bridgehead atoms. The van der Waals surface area contributed by atoms with Gasteiger partial charge in [0, 0.05) is 11.9 Å². The summed E-state index contributed by atoms with van der Waals surface area (Å²) >= 11 is 3.34. The second kappa shape index (κ2) is 5.49. The molecule has 0 atom stereocenters. The number of amides is 1. The van der Waals surface area contributed by atoms with Gasteiger partial charge in [-0.15, -0.1) is 0 Å². The molecule has 0 heterocycles. The fourth-order valence-electron chi connectivity index (χ4n) is 1.15. The van der Waals surface area contributed by atoms with Gasteiger partial charge in [-0.3, -0.25) is 4.79 Å². The smallest absolute Gasteiger partial charge is 0.255 e. The van der Waals surface area contributed by atoms with Crippen molar-refractivity contribution in [3.05, 3.63) is 29.6 Å². The summed E-state index contributed by atoms with van der Waals surface area (Å²) in [7, 11) is 0. The molecule has 0 fully saturated rings. The molecule has 1 amide bonds. The van der Waals surface area contributed by atoms with E-state index in [1.165, 1.54) is 6.07 Å². The molecular formula is C12H15BrFNO2. The Morgan fingerprint density at radius 2 is 2.18 bits per heavy atom. The first-order valence-electron chi connectivity index (χ1n) is 5.18. The number of benzene rings is 1. The Morgan fingerprint density at radius 1 is 1.53 bits per heavy atom. The van der Waals surface area contributed by atoms with Crippen molar-refractivity contribution in [2.45, 2.75) is 13.8 Å². The number of carbonyl (C=O) groups excluding carboxylic acids is 1. The van der Waals surface area contributed by atoms with Gasteiger partial charge in [0.2, 0.25) is 0 Å². The highest BCUT2D eigenvalue weighted by Crippen LogP contribution is 2.19. The number of hydrogen-bond donors (Lipinski definition) is 2. The average molecular weight is 304 g/mol. The molecule has 0 aliphatic carbocycles. The van der Waals surface area contributed by atoms with Gasteiger partial charge in [0.05, 0.1) is 5.56 Å². The Balaban J connectivity index is 2.74. The van der Waals surface area contributed by atoms with Crippen molar-refractivity contribution in [1.29, 1.82) is 0 Å². The SMILES string of the molecule is CC(C)(CBr)CNC(=O)c1cc(F)ccc1O. The summed E-state index contributed by atoms with van der Waals surface area (Å²) in [6, 6.07) is 3.29. The molecule has 0 aliphatic heterocycles. The number of carbonyl (C=O) groups is 1. The summed E-state index contributed by atoms with van der Waals surface area (Å²) < 4.78 is 12.9. The summed E-state index contributed by atoms with van der Waals surface area (Å²) in [5, 5.41) is 12.8. The second-order valence-electron chi connectivity index (χ2n) is 4.64. The fourth-order valence-corrected chi connectivity index (χ4v) is 1.35. The van der Waals surface area contributed by atoms with E-state index in [1.807, 2.05) is 13.8 Å². The zero-order valence-corrected chi connectivity index (χ0v) is 11.3. The van der Waals surface area contributed by atoms with Crippen LogP contribution in [-0.2, 0) is 0 Å². The van der Waals surface area contributed by atoms with Crippen molar-refractivity contribution < 1.29 is 14.3 Å². The van der Waals surface area contributed by atoms with Gasteiger partial charge in [0.15, 0.2) is 0 Å². The lowest BCUT2D eigenvalue weighted by molar-refractivity contribution is 0.0937. The van der Waals surface area contributed by atoms with Crippen LogP contribution in [-0.4, -0.2) is 22.9 Å². The van der Waals surface area contributed by atoms with E-state index >= 15 is 0 Å². The first-order chi connectivity index (χ1) is 7.85. The second-order valence-corrected chi connectivity index (χ2v) is 5.20. The molecule has 5 heteroatoms. The molecule has 0 spiro atoms. The number of phenolic OH excluding ortho intramolecular Hbond substituents is 1. The van der Waals surface area contributed by atoms with E-state index in [-0.39, 0.29) is 16.7 Å². The number of hydrogen-bond acceptors (Lipinski definition) is 2. The lowest BCUT2D eigenvalue weighted by Crippen LogP contribution is -2.34. The van der Waals surface area contributed by atoms with Gasteiger partial charge in [-0.1, -0.05) is 29.8 Å². The van der Waals surface area contributed by atoms with Gasteiger partial charge in [-0.05, 0) is 23.6 Å². The molecule has 1 aromatic carbocycles. The normalized spacial score (nSPS) is 11.3. The topological polar surface area (TPSA) is 49.3 Å². The fraction of sp³-hybridized carbons (Fsp3) is 0.417. The summed E-state index contributed by atoms with van der Waals surface area (Å²) in [6.07, 6.45) is 0. The van der Waals surface area contributed by atoms with Crippen molar-refractivity contribution in [1.82, 2.24) is 5.32 Å². The molecule has 0 aliphatic rings. The van der Waals surface area contributed by atoms with Crippen LogP contribution >= 0.6 is 15.9 Å². The van der Waals surface area contributed by atoms with E-state index in [4.69, 9.17) is 0 Å². The number of phenols is 1. The maximum Gasteiger partial charge on any atom is 0.255 e. The van der Waals surface area contributed by atoms with Crippen LogP contribution in [0.25, 0.3) is 0 Å². The van der Waals surface area contributed by atoms with Crippen LogP contribution in [0.4, 0.5) is 4.39 Å². The van der Waals surface area contributed by atoms with Gasteiger partial charge >= 0.3 is 0 Å². The zero-order valence-electron chi connectivity index (χ0n) is 9.76. The zero-order chi connectivity index (χ0) is 13.1. The van der Waals surface area contributed by atoms with Gasteiger partial charge in [0.25, 0.3) is 5.91 Å². The Morgan fingerprint density at radius 3 is 2.76 bits per heavy atom. The molecule has 94 valence electrons. The molecule has 0 radical (unpaired) electrons. The first-order valence-corrected chi connectivity index (χ1v) is 6.30. The minimum atomic E-state index is -0.548. The number of rotatable bonds is 4.